The van der Waals surface area contributed by atoms with Gasteiger partial charge in [-0.2, -0.15) is 0 Å². The van der Waals surface area contributed by atoms with Gasteiger partial charge in [-0.3, -0.25) is 4.79 Å². The Morgan fingerprint density at radius 3 is 1.83 bits per heavy atom. The van der Waals surface area contributed by atoms with Crippen LogP contribution in [0.1, 0.15) is 12.0 Å². The maximum atomic E-state index is 12.0. The summed E-state index contributed by atoms with van der Waals surface area (Å²) in [5, 5.41) is 6.33. The molecule has 2 nitrogen and oxygen atoms in total. The number of esters is 1. The third-order valence-electron chi connectivity index (χ3n) is 6.26. The van der Waals surface area contributed by atoms with E-state index in [1.54, 1.807) is 0 Å². The largest absolute Gasteiger partial charge is 0.469 e. The normalized spacial score (nSPS) is 11.0. The Kier molecular flexibility index (Phi) is 7.02. The van der Waals surface area contributed by atoms with Crippen LogP contribution in [0, 0.1) is 0 Å². The van der Waals surface area contributed by atoms with E-state index in [9.17, 15) is 4.79 Å². The maximum Gasteiger partial charge on any atom is 0.305 e. The zero-order chi connectivity index (χ0) is 24.0. The zero-order valence-electron chi connectivity index (χ0n) is 19.7. The molecule has 0 heterocycles. The van der Waals surface area contributed by atoms with Gasteiger partial charge >= 0.3 is 5.97 Å². The Morgan fingerprint density at radius 2 is 1.20 bits per heavy atom. The molecule has 0 unspecified atom stereocenters. The zero-order valence-corrected chi connectivity index (χ0v) is 20.6. The number of carbonyl (C=O) groups is 1. The molecule has 0 bridgehead atoms. The van der Waals surface area contributed by atoms with Crippen molar-refractivity contribution in [2.75, 3.05) is 7.11 Å². The fraction of sp³-hybridized carbons (Fsp3) is 0.0938. The molecule has 0 N–H and O–H groups in total. The second-order valence-electron chi connectivity index (χ2n) is 8.46. The molecule has 0 atom stereocenters. The smallest absolute Gasteiger partial charge is 0.305 e. The van der Waals surface area contributed by atoms with Crippen molar-refractivity contribution in [3.63, 3.8) is 0 Å². The first kappa shape index (κ1) is 23.0. The number of hydrogen-bond donors (Lipinski definition) is 0. The molecule has 0 saturated carbocycles. The lowest BCUT2D eigenvalue weighted by molar-refractivity contribution is -0.140. The first-order valence-electron chi connectivity index (χ1n) is 11.8. The minimum Gasteiger partial charge on any atom is -0.469 e. The Hall–Kier alpha value is -3.74. The summed E-state index contributed by atoms with van der Waals surface area (Å²) in [5.74, 6) is -0.187. The molecule has 0 spiro atoms. The van der Waals surface area contributed by atoms with Crippen LogP contribution >= 0.6 is 7.92 Å². The average molecular weight is 475 g/mol. The van der Waals surface area contributed by atoms with E-state index in [1.807, 2.05) is 0 Å². The van der Waals surface area contributed by atoms with Crippen LogP contribution in [0.25, 0.3) is 21.9 Å². The standard InChI is InChI=1S/C32H27O2P/c1-34-32(33)21-20-26-22-24-12-8-9-13-25(24)23-30(26)29-18-10-11-19-31(29)35(27-14-4-2-5-15-27)28-16-6-3-7-17-28/h2-19,22-23H,20-21H2,1H3. The Bertz CT molecular complexity index is 1410. The number of rotatable bonds is 7. The van der Waals surface area contributed by atoms with Gasteiger partial charge in [0.25, 0.3) is 0 Å². The van der Waals surface area contributed by atoms with Gasteiger partial charge in [-0.05, 0) is 63.8 Å². The topological polar surface area (TPSA) is 26.3 Å². The highest BCUT2D eigenvalue weighted by Gasteiger charge is 2.21. The quantitative estimate of drug-likeness (QED) is 0.202. The molecule has 35 heavy (non-hydrogen) atoms. The number of ether oxygens (including phenoxy) is 1. The van der Waals surface area contributed by atoms with Crippen LogP contribution in [-0.2, 0) is 16.0 Å². The average Bonchev–Trinajstić information content (AvgIpc) is 2.93. The van der Waals surface area contributed by atoms with Crippen molar-refractivity contribution in [3.8, 4) is 11.1 Å². The number of fused-ring (bicyclic) bond motifs is 1. The molecule has 0 aliphatic heterocycles. The summed E-state index contributed by atoms with van der Waals surface area (Å²) >= 11 is 0. The fourth-order valence-corrected chi connectivity index (χ4v) is 7.03. The molecule has 3 heteroatoms. The van der Waals surface area contributed by atoms with E-state index in [-0.39, 0.29) is 5.97 Å². The lowest BCUT2D eigenvalue weighted by Gasteiger charge is -2.23. The lowest BCUT2D eigenvalue weighted by Crippen LogP contribution is -2.22. The summed E-state index contributed by atoms with van der Waals surface area (Å²) in [4.78, 5) is 12.0. The van der Waals surface area contributed by atoms with E-state index in [2.05, 4.69) is 121 Å². The van der Waals surface area contributed by atoms with Gasteiger partial charge in [0.05, 0.1) is 7.11 Å². The molecule has 0 aliphatic rings. The van der Waals surface area contributed by atoms with Crippen molar-refractivity contribution in [2.45, 2.75) is 12.8 Å². The van der Waals surface area contributed by atoms with Gasteiger partial charge in [0, 0.05) is 6.42 Å². The molecule has 5 aromatic rings. The Labute approximate surface area is 208 Å². The first-order valence-corrected chi connectivity index (χ1v) is 13.2. The predicted molar refractivity (Wildman–Crippen MR) is 148 cm³/mol. The van der Waals surface area contributed by atoms with Crippen LogP contribution in [0.15, 0.2) is 121 Å². The van der Waals surface area contributed by atoms with Crippen molar-refractivity contribution in [2.24, 2.45) is 0 Å². The minimum absolute atomic E-state index is 0.187. The molecule has 0 radical (unpaired) electrons. The van der Waals surface area contributed by atoms with Crippen LogP contribution in [0.3, 0.4) is 0 Å². The number of carbonyl (C=O) groups excluding carboxylic acids is 1. The minimum atomic E-state index is -0.762. The van der Waals surface area contributed by atoms with Gasteiger partial charge in [-0.15, -0.1) is 0 Å². The van der Waals surface area contributed by atoms with Gasteiger partial charge < -0.3 is 4.74 Å². The molecular weight excluding hydrogens is 447 g/mol. The molecule has 0 saturated heterocycles. The highest BCUT2D eigenvalue weighted by Crippen LogP contribution is 2.39. The Balaban J connectivity index is 1.72. The van der Waals surface area contributed by atoms with Crippen LogP contribution in [0.5, 0.6) is 0 Å². The van der Waals surface area contributed by atoms with Gasteiger partial charge in [0.2, 0.25) is 0 Å². The number of hydrogen-bond acceptors (Lipinski definition) is 2. The summed E-state index contributed by atoms with van der Waals surface area (Å²) in [6.07, 6.45) is 0.992. The van der Waals surface area contributed by atoms with Gasteiger partial charge in [-0.1, -0.05) is 115 Å². The van der Waals surface area contributed by atoms with E-state index in [0.29, 0.717) is 12.8 Å². The molecule has 172 valence electrons. The summed E-state index contributed by atoms with van der Waals surface area (Å²) in [6.45, 7) is 0. The lowest BCUT2D eigenvalue weighted by atomic mass is 9.93. The molecule has 0 amide bonds. The van der Waals surface area contributed by atoms with Gasteiger partial charge in [0.15, 0.2) is 0 Å². The summed E-state index contributed by atoms with van der Waals surface area (Å²) in [7, 11) is 0.688. The van der Waals surface area contributed by atoms with Crippen molar-refractivity contribution in [1.29, 1.82) is 0 Å². The monoisotopic (exact) mass is 474 g/mol. The van der Waals surface area contributed by atoms with Crippen LogP contribution in [-0.4, -0.2) is 13.1 Å². The molecule has 5 aromatic carbocycles. The number of aryl methyl sites for hydroxylation is 1. The molecule has 0 aliphatic carbocycles. The Morgan fingerprint density at radius 1 is 0.657 bits per heavy atom. The summed E-state index contributed by atoms with van der Waals surface area (Å²) in [6, 6.07) is 43.2. The highest BCUT2D eigenvalue weighted by molar-refractivity contribution is 7.80. The van der Waals surface area contributed by atoms with E-state index >= 15 is 0 Å². The molecule has 0 fully saturated rings. The van der Waals surface area contributed by atoms with Crippen LogP contribution in [0.2, 0.25) is 0 Å². The van der Waals surface area contributed by atoms with Crippen LogP contribution < -0.4 is 15.9 Å². The number of methoxy groups -OCH3 is 1. The van der Waals surface area contributed by atoms with Crippen molar-refractivity contribution >= 4 is 40.6 Å². The van der Waals surface area contributed by atoms with E-state index in [0.717, 1.165) is 5.56 Å². The third kappa shape index (κ3) is 5.04. The first-order chi connectivity index (χ1) is 17.2. The predicted octanol–water partition coefficient (Wildman–Crippen LogP) is 6.37. The molecular formula is C32H27O2P. The van der Waals surface area contributed by atoms with Crippen LogP contribution in [0.4, 0.5) is 0 Å². The van der Waals surface area contributed by atoms with Gasteiger partial charge in [0.1, 0.15) is 0 Å². The third-order valence-corrected chi connectivity index (χ3v) is 8.76. The second-order valence-corrected chi connectivity index (χ2v) is 10.6. The second kappa shape index (κ2) is 10.7. The van der Waals surface area contributed by atoms with E-state index in [4.69, 9.17) is 4.74 Å². The fourth-order valence-electron chi connectivity index (χ4n) is 4.56. The SMILES string of the molecule is COC(=O)CCc1cc2ccccc2cc1-c1ccccc1P(c1ccccc1)c1ccccc1. The maximum absolute atomic E-state index is 12.0. The number of benzene rings is 5. The van der Waals surface area contributed by atoms with Gasteiger partial charge in [-0.25, -0.2) is 0 Å². The molecule has 0 aromatic heterocycles. The van der Waals surface area contributed by atoms with Crippen molar-refractivity contribution < 1.29 is 9.53 Å². The summed E-state index contributed by atoms with van der Waals surface area (Å²) in [5.41, 5.74) is 3.57. The highest BCUT2D eigenvalue weighted by atomic mass is 31.1. The summed E-state index contributed by atoms with van der Waals surface area (Å²) < 4.78 is 4.95. The van der Waals surface area contributed by atoms with E-state index < -0.39 is 7.92 Å². The molecule has 5 rings (SSSR count). The van der Waals surface area contributed by atoms with Crippen molar-refractivity contribution in [3.05, 3.63) is 127 Å². The van der Waals surface area contributed by atoms with E-state index in [1.165, 1.54) is 44.9 Å². The van der Waals surface area contributed by atoms with Crippen molar-refractivity contribution in [1.82, 2.24) is 0 Å².